The lowest BCUT2D eigenvalue weighted by Gasteiger charge is -2.03. The first-order chi connectivity index (χ1) is 10.2. The standard InChI is InChI=1S/C17H34N2O2/c1-2-19-17(21)15-13-11-9-7-5-3-4-6-8-10-12-14-16(18)20/h2-15H2,1H3,(H2,18,20)(H,19,21). The smallest absolute Gasteiger partial charge is 0.219 e. The SMILES string of the molecule is CCNC(=O)CCCCCCCCCCCCCC(N)=O. The molecule has 0 spiro atoms. The molecule has 0 fully saturated rings. The van der Waals surface area contributed by atoms with Crippen molar-refractivity contribution in [2.24, 2.45) is 5.73 Å². The van der Waals surface area contributed by atoms with Gasteiger partial charge in [-0.15, -0.1) is 0 Å². The lowest BCUT2D eigenvalue weighted by molar-refractivity contribution is -0.121. The number of primary amides is 1. The highest BCUT2D eigenvalue weighted by Gasteiger charge is 1.99. The van der Waals surface area contributed by atoms with Crippen LogP contribution in [0.1, 0.15) is 90.4 Å². The summed E-state index contributed by atoms with van der Waals surface area (Å²) < 4.78 is 0. The van der Waals surface area contributed by atoms with Gasteiger partial charge in [-0.3, -0.25) is 9.59 Å². The first-order valence-electron chi connectivity index (χ1n) is 8.71. The van der Waals surface area contributed by atoms with Crippen LogP contribution in [-0.2, 0) is 9.59 Å². The average Bonchev–Trinajstić information content (AvgIpc) is 2.44. The van der Waals surface area contributed by atoms with E-state index in [4.69, 9.17) is 5.73 Å². The third-order valence-electron chi connectivity index (χ3n) is 3.70. The molecule has 0 atom stereocenters. The fourth-order valence-corrected chi connectivity index (χ4v) is 2.46. The largest absolute Gasteiger partial charge is 0.370 e. The summed E-state index contributed by atoms with van der Waals surface area (Å²) in [6.07, 6.45) is 14.4. The van der Waals surface area contributed by atoms with Crippen molar-refractivity contribution >= 4 is 11.8 Å². The van der Waals surface area contributed by atoms with E-state index >= 15 is 0 Å². The second-order valence-corrected chi connectivity index (χ2v) is 5.81. The van der Waals surface area contributed by atoms with Crippen molar-refractivity contribution in [3.8, 4) is 0 Å². The number of hydrogen-bond donors (Lipinski definition) is 2. The number of unbranched alkanes of at least 4 members (excludes halogenated alkanes) is 10. The van der Waals surface area contributed by atoms with Gasteiger partial charge in [-0.05, 0) is 19.8 Å². The van der Waals surface area contributed by atoms with E-state index in [-0.39, 0.29) is 11.8 Å². The molecule has 0 aromatic heterocycles. The molecule has 2 amide bonds. The predicted molar refractivity (Wildman–Crippen MR) is 87.9 cm³/mol. The summed E-state index contributed by atoms with van der Waals surface area (Å²) in [6.45, 7) is 2.69. The quantitative estimate of drug-likeness (QED) is 0.453. The Morgan fingerprint density at radius 1 is 0.714 bits per heavy atom. The van der Waals surface area contributed by atoms with Gasteiger partial charge in [0.05, 0.1) is 0 Å². The van der Waals surface area contributed by atoms with Crippen molar-refractivity contribution in [2.45, 2.75) is 90.4 Å². The molecule has 0 saturated heterocycles. The summed E-state index contributed by atoms with van der Waals surface area (Å²) in [5.74, 6) is 0.0102. The van der Waals surface area contributed by atoms with Gasteiger partial charge in [0.25, 0.3) is 0 Å². The molecule has 0 aromatic rings. The van der Waals surface area contributed by atoms with Crippen LogP contribution < -0.4 is 11.1 Å². The molecule has 3 N–H and O–H groups in total. The molecule has 0 aliphatic heterocycles. The van der Waals surface area contributed by atoms with Crippen molar-refractivity contribution in [3.63, 3.8) is 0 Å². The molecule has 124 valence electrons. The molecule has 0 aromatic carbocycles. The molecule has 0 aliphatic carbocycles. The van der Waals surface area contributed by atoms with E-state index in [1.165, 1.54) is 51.4 Å². The van der Waals surface area contributed by atoms with Crippen molar-refractivity contribution in [1.29, 1.82) is 0 Å². The van der Waals surface area contributed by atoms with Crippen LogP contribution in [0.15, 0.2) is 0 Å². The van der Waals surface area contributed by atoms with Gasteiger partial charge in [0.2, 0.25) is 11.8 Å². The van der Waals surface area contributed by atoms with Crippen LogP contribution in [0.3, 0.4) is 0 Å². The number of nitrogens with one attached hydrogen (secondary N) is 1. The van der Waals surface area contributed by atoms with E-state index in [9.17, 15) is 9.59 Å². The molecule has 0 radical (unpaired) electrons. The van der Waals surface area contributed by atoms with Crippen molar-refractivity contribution in [1.82, 2.24) is 5.32 Å². The zero-order valence-electron chi connectivity index (χ0n) is 13.8. The Labute approximate surface area is 130 Å². The zero-order chi connectivity index (χ0) is 15.8. The summed E-state index contributed by atoms with van der Waals surface area (Å²) >= 11 is 0. The van der Waals surface area contributed by atoms with Crippen LogP contribution in [0.2, 0.25) is 0 Å². The number of amides is 2. The third kappa shape index (κ3) is 16.9. The van der Waals surface area contributed by atoms with Crippen LogP contribution in [0.25, 0.3) is 0 Å². The first kappa shape index (κ1) is 19.9. The third-order valence-corrected chi connectivity index (χ3v) is 3.70. The molecule has 0 bridgehead atoms. The highest BCUT2D eigenvalue weighted by Crippen LogP contribution is 2.12. The van der Waals surface area contributed by atoms with Crippen molar-refractivity contribution in [3.05, 3.63) is 0 Å². The summed E-state index contributed by atoms with van der Waals surface area (Å²) in [6, 6.07) is 0. The Morgan fingerprint density at radius 2 is 1.10 bits per heavy atom. The fraction of sp³-hybridized carbons (Fsp3) is 0.882. The zero-order valence-corrected chi connectivity index (χ0v) is 13.8. The molecule has 0 unspecified atom stereocenters. The molecular formula is C17H34N2O2. The summed E-state index contributed by atoms with van der Waals surface area (Å²) in [5, 5.41) is 2.83. The van der Waals surface area contributed by atoms with Crippen molar-refractivity contribution in [2.75, 3.05) is 6.54 Å². The first-order valence-corrected chi connectivity index (χ1v) is 8.71. The molecule has 0 aliphatic rings. The minimum Gasteiger partial charge on any atom is -0.370 e. The molecule has 0 rings (SSSR count). The number of hydrogen-bond acceptors (Lipinski definition) is 2. The minimum atomic E-state index is -0.179. The van der Waals surface area contributed by atoms with Gasteiger partial charge in [-0.2, -0.15) is 0 Å². The van der Waals surface area contributed by atoms with Gasteiger partial charge >= 0.3 is 0 Å². The van der Waals surface area contributed by atoms with Crippen LogP contribution in [-0.4, -0.2) is 18.4 Å². The highest BCUT2D eigenvalue weighted by molar-refractivity contribution is 5.75. The molecule has 4 nitrogen and oxygen atoms in total. The normalized spacial score (nSPS) is 10.5. The Hall–Kier alpha value is -1.06. The molecule has 0 heterocycles. The van der Waals surface area contributed by atoms with Gasteiger partial charge < -0.3 is 11.1 Å². The fourth-order valence-electron chi connectivity index (χ4n) is 2.46. The molecule has 4 heteroatoms. The van der Waals surface area contributed by atoms with E-state index in [1.54, 1.807) is 0 Å². The highest BCUT2D eigenvalue weighted by atomic mass is 16.1. The monoisotopic (exact) mass is 298 g/mol. The minimum absolute atomic E-state index is 0.179. The van der Waals surface area contributed by atoms with E-state index in [1.807, 2.05) is 6.92 Å². The maximum atomic E-state index is 11.2. The summed E-state index contributed by atoms with van der Waals surface area (Å²) in [4.78, 5) is 21.8. The van der Waals surface area contributed by atoms with E-state index in [0.29, 0.717) is 12.8 Å². The number of nitrogens with two attached hydrogens (primary N) is 1. The van der Waals surface area contributed by atoms with E-state index in [2.05, 4.69) is 5.32 Å². The lowest BCUT2D eigenvalue weighted by Crippen LogP contribution is -2.21. The van der Waals surface area contributed by atoms with Gasteiger partial charge in [-0.1, -0.05) is 57.8 Å². The van der Waals surface area contributed by atoms with Gasteiger partial charge in [0.1, 0.15) is 0 Å². The lowest BCUT2D eigenvalue weighted by atomic mass is 10.0. The van der Waals surface area contributed by atoms with Crippen molar-refractivity contribution < 1.29 is 9.59 Å². The number of carbonyl (C=O) groups excluding carboxylic acids is 2. The predicted octanol–water partition coefficient (Wildman–Crippen LogP) is 3.68. The maximum Gasteiger partial charge on any atom is 0.219 e. The van der Waals surface area contributed by atoms with Gasteiger partial charge in [0.15, 0.2) is 0 Å². The Bertz CT molecular complexity index is 268. The second kappa shape index (κ2) is 15.3. The van der Waals surface area contributed by atoms with E-state index < -0.39 is 0 Å². The van der Waals surface area contributed by atoms with Crippen LogP contribution >= 0.6 is 0 Å². The number of rotatable bonds is 15. The summed E-state index contributed by atoms with van der Waals surface area (Å²) in [7, 11) is 0. The molecule has 0 saturated carbocycles. The Morgan fingerprint density at radius 3 is 1.48 bits per heavy atom. The van der Waals surface area contributed by atoms with Crippen LogP contribution in [0.4, 0.5) is 0 Å². The maximum absolute atomic E-state index is 11.2. The average molecular weight is 298 g/mol. The summed E-state index contributed by atoms with van der Waals surface area (Å²) in [5.41, 5.74) is 5.09. The van der Waals surface area contributed by atoms with Gasteiger partial charge in [-0.25, -0.2) is 0 Å². The second-order valence-electron chi connectivity index (χ2n) is 5.81. The molecule has 21 heavy (non-hydrogen) atoms. The topological polar surface area (TPSA) is 72.2 Å². The Kier molecular flexibility index (Phi) is 14.6. The molecular weight excluding hydrogens is 264 g/mol. The Balaban J connectivity index is 3.06. The van der Waals surface area contributed by atoms with Gasteiger partial charge in [0, 0.05) is 19.4 Å². The number of carbonyl (C=O) groups is 2. The van der Waals surface area contributed by atoms with E-state index in [0.717, 1.165) is 25.8 Å². The van der Waals surface area contributed by atoms with Crippen LogP contribution in [0, 0.1) is 0 Å². The van der Waals surface area contributed by atoms with Crippen LogP contribution in [0.5, 0.6) is 0 Å².